The highest BCUT2D eigenvalue weighted by molar-refractivity contribution is 5.65. The van der Waals surface area contributed by atoms with Gasteiger partial charge in [-0.3, -0.25) is 10.1 Å². The number of rotatable bonds is 6. The van der Waals surface area contributed by atoms with E-state index >= 15 is 0 Å². The first kappa shape index (κ1) is 14.7. The normalized spacial score (nSPS) is 10.2. The molecule has 0 saturated carbocycles. The van der Waals surface area contributed by atoms with Crippen LogP contribution in [0.25, 0.3) is 11.3 Å². The van der Waals surface area contributed by atoms with Gasteiger partial charge in [-0.25, -0.2) is 9.97 Å². The summed E-state index contributed by atoms with van der Waals surface area (Å²) >= 11 is 0. The zero-order valence-corrected chi connectivity index (χ0v) is 11.9. The van der Waals surface area contributed by atoms with Crippen molar-refractivity contribution >= 4 is 11.5 Å². The summed E-state index contributed by atoms with van der Waals surface area (Å²) in [5, 5.41) is 14.1. The number of ether oxygens (including phenoxy) is 1. The summed E-state index contributed by atoms with van der Waals surface area (Å²) in [6.07, 6.45) is 2.48. The Hall–Kier alpha value is -2.70. The number of nitrogens with zero attached hydrogens (tertiary/aromatic N) is 3. The second kappa shape index (κ2) is 6.65. The van der Waals surface area contributed by atoms with Crippen molar-refractivity contribution in [3.05, 3.63) is 40.6 Å². The SMILES string of the molecule is CCCNc1cc([N+](=O)[O-])cc(-c2ccnc(OC)c2)n1. The summed E-state index contributed by atoms with van der Waals surface area (Å²) in [7, 11) is 1.52. The zero-order valence-electron chi connectivity index (χ0n) is 11.9. The molecule has 0 bridgehead atoms. The molecule has 2 rings (SSSR count). The molecule has 0 spiro atoms. The third-order valence-electron chi connectivity index (χ3n) is 2.82. The van der Waals surface area contributed by atoms with Crippen molar-refractivity contribution in [2.45, 2.75) is 13.3 Å². The van der Waals surface area contributed by atoms with Crippen LogP contribution in [0.1, 0.15) is 13.3 Å². The summed E-state index contributed by atoms with van der Waals surface area (Å²) in [6.45, 7) is 2.71. The van der Waals surface area contributed by atoms with Crippen LogP contribution in [-0.4, -0.2) is 28.5 Å². The van der Waals surface area contributed by atoms with Crippen molar-refractivity contribution < 1.29 is 9.66 Å². The van der Waals surface area contributed by atoms with Crippen LogP contribution in [0.4, 0.5) is 11.5 Å². The molecule has 7 nitrogen and oxygen atoms in total. The molecule has 0 aliphatic carbocycles. The van der Waals surface area contributed by atoms with Crippen LogP contribution >= 0.6 is 0 Å². The molecule has 0 aliphatic rings. The highest BCUT2D eigenvalue weighted by atomic mass is 16.6. The van der Waals surface area contributed by atoms with Crippen molar-refractivity contribution in [3.8, 4) is 17.1 Å². The number of nitro groups is 1. The van der Waals surface area contributed by atoms with Crippen LogP contribution in [0.3, 0.4) is 0 Å². The first-order valence-corrected chi connectivity index (χ1v) is 6.54. The lowest BCUT2D eigenvalue weighted by molar-refractivity contribution is -0.384. The number of methoxy groups -OCH3 is 1. The van der Waals surface area contributed by atoms with E-state index < -0.39 is 4.92 Å². The summed E-state index contributed by atoms with van der Waals surface area (Å²) in [5.74, 6) is 0.917. The van der Waals surface area contributed by atoms with Crippen molar-refractivity contribution in [2.24, 2.45) is 0 Å². The van der Waals surface area contributed by atoms with E-state index in [0.29, 0.717) is 29.5 Å². The van der Waals surface area contributed by atoms with E-state index in [0.717, 1.165) is 6.42 Å². The van der Waals surface area contributed by atoms with Gasteiger partial charge in [0.1, 0.15) is 5.82 Å². The third-order valence-corrected chi connectivity index (χ3v) is 2.82. The van der Waals surface area contributed by atoms with Gasteiger partial charge in [0.15, 0.2) is 0 Å². The van der Waals surface area contributed by atoms with Crippen molar-refractivity contribution in [3.63, 3.8) is 0 Å². The molecule has 0 radical (unpaired) electrons. The van der Waals surface area contributed by atoms with Gasteiger partial charge in [-0.05, 0) is 12.5 Å². The van der Waals surface area contributed by atoms with Crippen LogP contribution < -0.4 is 10.1 Å². The minimum absolute atomic E-state index is 0.00520. The quantitative estimate of drug-likeness (QED) is 0.649. The van der Waals surface area contributed by atoms with Gasteiger partial charge in [-0.1, -0.05) is 6.92 Å². The van der Waals surface area contributed by atoms with Crippen molar-refractivity contribution in [2.75, 3.05) is 19.0 Å². The average molecular weight is 288 g/mol. The summed E-state index contributed by atoms with van der Waals surface area (Å²) < 4.78 is 5.06. The topological polar surface area (TPSA) is 90.2 Å². The number of hydrogen-bond acceptors (Lipinski definition) is 6. The second-order valence-electron chi connectivity index (χ2n) is 4.37. The lowest BCUT2D eigenvalue weighted by atomic mass is 10.1. The molecule has 1 N–H and O–H groups in total. The van der Waals surface area contributed by atoms with Gasteiger partial charge in [0.2, 0.25) is 5.88 Å². The fourth-order valence-electron chi connectivity index (χ4n) is 1.79. The number of anilines is 1. The molecule has 2 aromatic rings. The second-order valence-corrected chi connectivity index (χ2v) is 4.37. The minimum atomic E-state index is -0.430. The Bertz CT molecular complexity index is 646. The Labute approximate surface area is 122 Å². The Kier molecular flexibility index (Phi) is 4.65. The van der Waals surface area contributed by atoms with Gasteiger partial charge in [-0.2, -0.15) is 0 Å². The van der Waals surface area contributed by atoms with E-state index in [1.165, 1.54) is 19.2 Å². The number of nitrogens with one attached hydrogen (secondary N) is 1. The Morgan fingerprint density at radius 3 is 2.86 bits per heavy atom. The lowest BCUT2D eigenvalue weighted by Gasteiger charge is -2.08. The van der Waals surface area contributed by atoms with E-state index in [-0.39, 0.29) is 5.69 Å². The predicted octanol–water partition coefficient (Wildman–Crippen LogP) is 2.88. The van der Waals surface area contributed by atoms with E-state index in [4.69, 9.17) is 4.74 Å². The summed E-state index contributed by atoms with van der Waals surface area (Å²) in [5.41, 5.74) is 1.21. The molecule has 0 amide bonds. The monoisotopic (exact) mass is 288 g/mol. The molecule has 110 valence electrons. The van der Waals surface area contributed by atoms with Gasteiger partial charge in [0.05, 0.1) is 23.8 Å². The summed E-state index contributed by atoms with van der Waals surface area (Å²) in [4.78, 5) is 19.0. The lowest BCUT2D eigenvalue weighted by Crippen LogP contribution is -2.03. The molecule has 2 aromatic heterocycles. The molecule has 21 heavy (non-hydrogen) atoms. The third kappa shape index (κ3) is 3.65. The maximum atomic E-state index is 11.0. The molecule has 7 heteroatoms. The Morgan fingerprint density at radius 2 is 2.19 bits per heavy atom. The summed E-state index contributed by atoms with van der Waals surface area (Å²) in [6, 6.07) is 6.29. The highest BCUT2D eigenvalue weighted by Crippen LogP contribution is 2.26. The molecule has 2 heterocycles. The number of pyridine rings is 2. The first-order valence-electron chi connectivity index (χ1n) is 6.54. The smallest absolute Gasteiger partial charge is 0.275 e. The standard InChI is InChI=1S/C14H16N4O3/c1-3-5-15-13-9-11(18(19)20)8-12(17-13)10-4-6-16-14(7-10)21-2/h4,6-9H,3,5H2,1-2H3,(H,15,17). The molecule has 0 atom stereocenters. The van der Waals surface area contributed by atoms with Gasteiger partial charge in [0.25, 0.3) is 5.69 Å². The number of hydrogen-bond donors (Lipinski definition) is 1. The van der Waals surface area contributed by atoms with Gasteiger partial charge in [-0.15, -0.1) is 0 Å². The Morgan fingerprint density at radius 1 is 1.38 bits per heavy atom. The van der Waals surface area contributed by atoms with Crippen LogP contribution in [0.15, 0.2) is 30.5 Å². The first-order chi connectivity index (χ1) is 10.1. The van der Waals surface area contributed by atoms with Gasteiger partial charge in [0, 0.05) is 30.4 Å². The maximum absolute atomic E-state index is 11.0. The van der Waals surface area contributed by atoms with E-state index in [2.05, 4.69) is 15.3 Å². The van der Waals surface area contributed by atoms with Crippen LogP contribution in [0, 0.1) is 10.1 Å². The van der Waals surface area contributed by atoms with Crippen LogP contribution in [-0.2, 0) is 0 Å². The molecule has 0 saturated heterocycles. The van der Waals surface area contributed by atoms with Crippen molar-refractivity contribution in [1.82, 2.24) is 9.97 Å². The zero-order chi connectivity index (χ0) is 15.2. The molecular formula is C14H16N4O3. The molecular weight excluding hydrogens is 272 g/mol. The van der Waals surface area contributed by atoms with E-state index in [1.54, 1.807) is 18.3 Å². The fraction of sp³-hybridized carbons (Fsp3) is 0.286. The molecule has 0 aromatic carbocycles. The molecule has 0 aliphatic heterocycles. The maximum Gasteiger partial charge on any atom is 0.275 e. The van der Waals surface area contributed by atoms with Crippen molar-refractivity contribution in [1.29, 1.82) is 0 Å². The van der Waals surface area contributed by atoms with Gasteiger partial charge < -0.3 is 10.1 Å². The number of aromatic nitrogens is 2. The van der Waals surface area contributed by atoms with E-state index in [1.807, 2.05) is 6.92 Å². The largest absolute Gasteiger partial charge is 0.481 e. The molecule has 0 fully saturated rings. The van der Waals surface area contributed by atoms with Crippen LogP contribution in [0.2, 0.25) is 0 Å². The predicted molar refractivity (Wildman–Crippen MR) is 79.5 cm³/mol. The molecule has 0 unspecified atom stereocenters. The Balaban J connectivity index is 2.45. The highest BCUT2D eigenvalue weighted by Gasteiger charge is 2.13. The fourth-order valence-corrected chi connectivity index (χ4v) is 1.79. The average Bonchev–Trinajstić information content (AvgIpc) is 2.52. The van der Waals surface area contributed by atoms with Gasteiger partial charge >= 0.3 is 0 Å². The van der Waals surface area contributed by atoms with E-state index in [9.17, 15) is 10.1 Å². The minimum Gasteiger partial charge on any atom is -0.481 e. The van der Waals surface area contributed by atoms with Crippen LogP contribution in [0.5, 0.6) is 5.88 Å².